The number of sulfone groups is 1. The molecule has 2 amide bonds. The van der Waals surface area contributed by atoms with Gasteiger partial charge in [-0.1, -0.05) is 12.1 Å². The summed E-state index contributed by atoms with van der Waals surface area (Å²) in [7, 11) is -3.33. The molecule has 0 saturated carbocycles. The lowest BCUT2D eigenvalue weighted by molar-refractivity contribution is -0.122. The van der Waals surface area contributed by atoms with Gasteiger partial charge in [0.15, 0.2) is 21.3 Å². The summed E-state index contributed by atoms with van der Waals surface area (Å²) in [5.74, 6) is 0.349. The zero-order valence-corrected chi connectivity index (χ0v) is 17.1. The van der Waals surface area contributed by atoms with Crippen molar-refractivity contribution >= 4 is 21.7 Å². The van der Waals surface area contributed by atoms with Crippen LogP contribution in [0.5, 0.6) is 11.5 Å². The Morgan fingerprint density at radius 2 is 1.55 bits per heavy atom. The fourth-order valence-corrected chi connectivity index (χ4v) is 3.00. The van der Waals surface area contributed by atoms with Crippen molar-refractivity contribution in [3.05, 3.63) is 54.1 Å². The normalized spacial score (nSPS) is 10.8. The number of carbonyl (C=O) groups is 2. The number of nitrogens with one attached hydrogen (secondary N) is 2. The second-order valence-electron chi connectivity index (χ2n) is 6.13. The lowest BCUT2D eigenvalue weighted by atomic mass is 10.2. The smallest absolute Gasteiger partial charge is 0.269 e. The van der Waals surface area contributed by atoms with Crippen molar-refractivity contribution in [1.82, 2.24) is 10.9 Å². The van der Waals surface area contributed by atoms with Crippen LogP contribution in [0.4, 0.5) is 0 Å². The van der Waals surface area contributed by atoms with Gasteiger partial charge < -0.3 is 9.47 Å². The van der Waals surface area contributed by atoms with Crippen LogP contribution in [-0.2, 0) is 14.6 Å². The maximum Gasteiger partial charge on any atom is 0.269 e. The lowest BCUT2D eigenvalue weighted by Crippen LogP contribution is -2.41. The predicted molar refractivity (Wildman–Crippen MR) is 108 cm³/mol. The van der Waals surface area contributed by atoms with Crippen molar-refractivity contribution < 1.29 is 27.5 Å². The zero-order valence-electron chi connectivity index (χ0n) is 16.3. The molecule has 9 heteroatoms. The SMILES string of the molecule is CCOc1ccccc1OCCCC(=O)NNC(=O)c1ccc(S(C)(=O)=O)cc1. The van der Waals surface area contributed by atoms with Crippen LogP contribution < -0.4 is 20.3 Å². The van der Waals surface area contributed by atoms with Gasteiger partial charge in [-0.3, -0.25) is 20.4 Å². The molecule has 0 aliphatic carbocycles. The average Bonchev–Trinajstić information content (AvgIpc) is 2.70. The lowest BCUT2D eigenvalue weighted by Gasteiger charge is -2.11. The Morgan fingerprint density at radius 1 is 0.931 bits per heavy atom. The van der Waals surface area contributed by atoms with Crippen LogP contribution in [0.15, 0.2) is 53.4 Å². The largest absolute Gasteiger partial charge is 0.490 e. The van der Waals surface area contributed by atoms with E-state index in [-0.39, 0.29) is 22.8 Å². The third-order valence-corrected chi connectivity index (χ3v) is 4.94. The fraction of sp³-hybridized carbons (Fsp3) is 0.300. The molecule has 8 nitrogen and oxygen atoms in total. The number of para-hydroxylation sites is 2. The molecule has 2 rings (SSSR count). The number of hydrazine groups is 1. The maximum absolute atomic E-state index is 12.0. The van der Waals surface area contributed by atoms with Crippen LogP contribution in [0.25, 0.3) is 0 Å². The summed E-state index contributed by atoms with van der Waals surface area (Å²) >= 11 is 0. The van der Waals surface area contributed by atoms with Crippen LogP contribution in [0, 0.1) is 0 Å². The maximum atomic E-state index is 12.0. The van der Waals surface area contributed by atoms with Gasteiger partial charge in [0.2, 0.25) is 5.91 Å². The van der Waals surface area contributed by atoms with Gasteiger partial charge in [0, 0.05) is 18.2 Å². The van der Waals surface area contributed by atoms with Crippen LogP contribution in [0.2, 0.25) is 0 Å². The molecule has 0 spiro atoms. The Morgan fingerprint density at radius 3 is 2.14 bits per heavy atom. The first-order chi connectivity index (χ1) is 13.8. The molecule has 2 aromatic carbocycles. The highest BCUT2D eigenvalue weighted by atomic mass is 32.2. The molecule has 0 aliphatic heterocycles. The molecule has 2 N–H and O–H groups in total. The molecule has 0 aromatic heterocycles. The minimum absolute atomic E-state index is 0.115. The van der Waals surface area contributed by atoms with E-state index in [1.807, 2.05) is 25.1 Å². The first-order valence-electron chi connectivity index (χ1n) is 9.05. The van der Waals surface area contributed by atoms with Crippen molar-refractivity contribution in [3.8, 4) is 11.5 Å². The molecule has 156 valence electrons. The Labute approximate surface area is 170 Å². The van der Waals surface area contributed by atoms with Crippen molar-refractivity contribution in [2.24, 2.45) is 0 Å². The number of amides is 2. The standard InChI is InChI=1S/C20H24N2O6S/c1-3-27-17-7-4-5-8-18(17)28-14-6-9-19(23)21-22-20(24)15-10-12-16(13-11-15)29(2,25)26/h4-5,7-8,10-13H,3,6,9,14H2,1-2H3,(H,21,23)(H,22,24). The van der Waals surface area contributed by atoms with Gasteiger partial charge in [0.25, 0.3) is 5.91 Å². The Bertz CT molecular complexity index is 942. The summed E-state index contributed by atoms with van der Waals surface area (Å²) in [4.78, 5) is 24.0. The molecule has 0 bridgehead atoms. The third-order valence-electron chi connectivity index (χ3n) is 3.81. The monoisotopic (exact) mass is 420 g/mol. The topological polar surface area (TPSA) is 111 Å². The van der Waals surface area contributed by atoms with Crippen LogP contribution in [0.1, 0.15) is 30.1 Å². The predicted octanol–water partition coefficient (Wildman–Crippen LogP) is 2.11. The zero-order chi connectivity index (χ0) is 21.3. The van der Waals surface area contributed by atoms with Crippen molar-refractivity contribution in [2.75, 3.05) is 19.5 Å². The number of ether oxygens (including phenoxy) is 2. The summed E-state index contributed by atoms with van der Waals surface area (Å²) in [6.45, 7) is 2.73. The summed E-state index contributed by atoms with van der Waals surface area (Å²) in [5.41, 5.74) is 4.84. The van der Waals surface area contributed by atoms with Crippen molar-refractivity contribution in [1.29, 1.82) is 0 Å². The van der Waals surface area contributed by atoms with Gasteiger partial charge in [-0.2, -0.15) is 0 Å². The molecule has 0 atom stereocenters. The number of hydrogen-bond donors (Lipinski definition) is 2. The van der Waals surface area contributed by atoms with E-state index in [0.717, 1.165) is 6.26 Å². The first kappa shape index (κ1) is 22.2. The number of rotatable bonds is 9. The summed E-state index contributed by atoms with van der Waals surface area (Å²) in [5, 5.41) is 0. The Balaban J connectivity index is 1.72. The summed E-state index contributed by atoms with van der Waals surface area (Å²) in [6, 6.07) is 12.7. The van der Waals surface area contributed by atoms with Crippen LogP contribution >= 0.6 is 0 Å². The van der Waals surface area contributed by atoms with E-state index in [0.29, 0.717) is 31.1 Å². The second-order valence-corrected chi connectivity index (χ2v) is 8.15. The van der Waals surface area contributed by atoms with Gasteiger partial charge in [-0.25, -0.2) is 8.42 Å². The Hall–Kier alpha value is -3.07. The average molecular weight is 420 g/mol. The quantitative estimate of drug-likeness (QED) is 0.475. The van der Waals surface area contributed by atoms with Gasteiger partial charge in [0.05, 0.1) is 18.1 Å². The molecular weight excluding hydrogens is 396 g/mol. The Kier molecular flexibility index (Phi) is 8.02. The van der Waals surface area contributed by atoms with E-state index < -0.39 is 15.7 Å². The minimum Gasteiger partial charge on any atom is -0.490 e. The first-order valence-corrected chi connectivity index (χ1v) is 10.9. The van der Waals surface area contributed by atoms with E-state index in [2.05, 4.69) is 10.9 Å². The number of hydrogen-bond acceptors (Lipinski definition) is 6. The highest BCUT2D eigenvalue weighted by molar-refractivity contribution is 7.90. The molecule has 0 heterocycles. The molecule has 0 aliphatic rings. The minimum atomic E-state index is -3.33. The number of carbonyl (C=O) groups excluding carboxylic acids is 2. The molecule has 0 saturated heterocycles. The van der Waals surface area contributed by atoms with Gasteiger partial charge in [-0.05, 0) is 49.7 Å². The van der Waals surface area contributed by atoms with Crippen molar-refractivity contribution in [3.63, 3.8) is 0 Å². The molecule has 0 radical (unpaired) electrons. The van der Waals surface area contributed by atoms with Crippen molar-refractivity contribution in [2.45, 2.75) is 24.7 Å². The molecule has 0 unspecified atom stereocenters. The second kappa shape index (κ2) is 10.5. The molecular formula is C20H24N2O6S. The fourth-order valence-electron chi connectivity index (χ4n) is 2.37. The van der Waals surface area contributed by atoms with Crippen LogP contribution in [-0.4, -0.2) is 39.7 Å². The van der Waals surface area contributed by atoms with E-state index >= 15 is 0 Å². The van der Waals surface area contributed by atoms with E-state index in [9.17, 15) is 18.0 Å². The summed E-state index contributed by atoms with van der Waals surface area (Å²) in [6.07, 6.45) is 1.69. The molecule has 2 aromatic rings. The number of benzene rings is 2. The third kappa shape index (κ3) is 7.11. The van der Waals surface area contributed by atoms with E-state index in [4.69, 9.17) is 9.47 Å². The summed E-state index contributed by atoms with van der Waals surface area (Å²) < 4.78 is 33.9. The highest BCUT2D eigenvalue weighted by Gasteiger charge is 2.11. The highest BCUT2D eigenvalue weighted by Crippen LogP contribution is 2.26. The van der Waals surface area contributed by atoms with Gasteiger partial charge >= 0.3 is 0 Å². The van der Waals surface area contributed by atoms with Gasteiger partial charge in [0.1, 0.15) is 0 Å². The van der Waals surface area contributed by atoms with E-state index in [1.165, 1.54) is 24.3 Å². The molecule has 29 heavy (non-hydrogen) atoms. The molecule has 0 fully saturated rings. The van der Waals surface area contributed by atoms with E-state index in [1.54, 1.807) is 6.07 Å². The van der Waals surface area contributed by atoms with Crippen LogP contribution in [0.3, 0.4) is 0 Å². The van der Waals surface area contributed by atoms with Gasteiger partial charge in [-0.15, -0.1) is 0 Å².